The van der Waals surface area contributed by atoms with Crippen molar-refractivity contribution in [3.63, 3.8) is 0 Å². The fourth-order valence-corrected chi connectivity index (χ4v) is 4.31. The number of carbonyl (C=O) groups is 2. The van der Waals surface area contributed by atoms with Gasteiger partial charge in [-0.3, -0.25) is 24.3 Å². The summed E-state index contributed by atoms with van der Waals surface area (Å²) in [5.41, 5.74) is 1.92. The summed E-state index contributed by atoms with van der Waals surface area (Å²) in [7, 11) is 1.62. The first-order chi connectivity index (χ1) is 15.6. The summed E-state index contributed by atoms with van der Waals surface area (Å²) >= 11 is 0. The zero-order valence-electron chi connectivity index (χ0n) is 18.0. The maximum atomic E-state index is 13.5. The van der Waals surface area contributed by atoms with E-state index in [1.807, 2.05) is 48.5 Å². The molecular formula is C24H25N5O3. The second-order valence-electron chi connectivity index (χ2n) is 8.22. The Labute approximate surface area is 186 Å². The fourth-order valence-electron chi connectivity index (χ4n) is 4.31. The smallest absolute Gasteiger partial charge is 0.262 e. The lowest BCUT2D eigenvalue weighted by atomic mass is 9.94. The van der Waals surface area contributed by atoms with E-state index in [1.165, 1.54) is 0 Å². The predicted octanol–water partition coefficient (Wildman–Crippen LogP) is 2.66. The summed E-state index contributed by atoms with van der Waals surface area (Å²) in [5, 5.41) is 7.71. The quantitative estimate of drug-likeness (QED) is 0.600. The van der Waals surface area contributed by atoms with Crippen LogP contribution in [0.25, 0.3) is 11.4 Å². The summed E-state index contributed by atoms with van der Waals surface area (Å²) in [4.78, 5) is 30.9. The van der Waals surface area contributed by atoms with Crippen LogP contribution in [0, 0.1) is 0 Å². The van der Waals surface area contributed by atoms with Crippen molar-refractivity contribution >= 4 is 11.8 Å². The number of methoxy groups -OCH3 is 1. The van der Waals surface area contributed by atoms with Gasteiger partial charge in [-0.15, -0.1) is 0 Å². The van der Waals surface area contributed by atoms with Crippen molar-refractivity contribution in [3.05, 3.63) is 66.5 Å². The minimum absolute atomic E-state index is 0.00292. The number of ether oxygens (including phenoxy) is 1. The third-order valence-corrected chi connectivity index (χ3v) is 6.22. The molecule has 0 spiro atoms. The van der Waals surface area contributed by atoms with Crippen LogP contribution in [-0.4, -0.2) is 56.8 Å². The number of hydrazine groups is 1. The largest absolute Gasteiger partial charge is 0.497 e. The molecule has 1 saturated heterocycles. The summed E-state index contributed by atoms with van der Waals surface area (Å²) in [5.74, 6) is 0.625. The molecule has 2 fully saturated rings. The van der Waals surface area contributed by atoms with E-state index in [0.29, 0.717) is 18.8 Å². The summed E-state index contributed by atoms with van der Waals surface area (Å²) < 4.78 is 6.84. The van der Waals surface area contributed by atoms with Gasteiger partial charge in [0.2, 0.25) is 0 Å². The molecule has 5 rings (SSSR count). The predicted molar refractivity (Wildman–Crippen MR) is 117 cm³/mol. The summed E-state index contributed by atoms with van der Waals surface area (Å²) in [6, 6.07) is 15.1. The van der Waals surface area contributed by atoms with Crippen LogP contribution in [0.5, 0.6) is 5.75 Å². The molecule has 3 heterocycles. The van der Waals surface area contributed by atoms with Gasteiger partial charge in [0, 0.05) is 25.5 Å². The second kappa shape index (κ2) is 8.11. The number of carbonyl (C=O) groups excluding carboxylic acids is 2. The van der Waals surface area contributed by atoms with Crippen LogP contribution in [0.4, 0.5) is 0 Å². The summed E-state index contributed by atoms with van der Waals surface area (Å²) in [6.07, 6.45) is 5.84. The zero-order chi connectivity index (χ0) is 22.1. The van der Waals surface area contributed by atoms with Gasteiger partial charge in [-0.05, 0) is 55.2 Å². The molecule has 1 aromatic carbocycles. The highest BCUT2D eigenvalue weighted by Crippen LogP contribution is 2.50. The molecule has 8 heteroatoms. The molecule has 1 saturated carbocycles. The van der Waals surface area contributed by atoms with E-state index < -0.39 is 5.41 Å². The Morgan fingerprint density at radius 2 is 1.78 bits per heavy atom. The molecule has 0 atom stereocenters. The van der Waals surface area contributed by atoms with Crippen molar-refractivity contribution < 1.29 is 14.3 Å². The Morgan fingerprint density at radius 1 is 1.00 bits per heavy atom. The van der Waals surface area contributed by atoms with Crippen molar-refractivity contribution in [2.45, 2.75) is 31.2 Å². The third kappa shape index (κ3) is 3.62. The highest BCUT2D eigenvalue weighted by atomic mass is 16.5. The van der Waals surface area contributed by atoms with E-state index in [2.05, 4.69) is 10.1 Å². The van der Waals surface area contributed by atoms with Gasteiger partial charge in [-0.2, -0.15) is 5.10 Å². The van der Waals surface area contributed by atoms with Crippen LogP contribution in [0.1, 0.15) is 24.8 Å². The molecular weight excluding hydrogens is 406 g/mol. The molecule has 0 radical (unpaired) electrons. The Hall–Kier alpha value is -3.68. The first-order valence-corrected chi connectivity index (χ1v) is 10.8. The number of amides is 2. The van der Waals surface area contributed by atoms with Crippen molar-refractivity contribution in [1.82, 2.24) is 24.8 Å². The van der Waals surface area contributed by atoms with Crippen LogP contribution in [0.15, 0.2) is 60.9 Å². The zero-order valence-corrected chi connectivity index (χ0v) is 18.0. The molecule has 2 amide bonds. The SMILES string of the molecule is COc1ccc(C2(C(=O)N3CCCN3C(=O)Cn3ccc(-c4ccccn4)n3)CC2)cc1. The maximum Gasteiger partial charge on any atom is 0.262 e. The van der Waals surface area contributed by atoms with E-state index in [9.17, 15) is 9.59 Å². The van der Waals surface area contributed by atoms with Crippen molar-refractivity contribution in [2.75, 3.05) is 20.2 Å². The van der Waals surface area contributed by atoms with E-state index >= 15 is 0 Å². The van der Waals surface area contributed by atoms with Gasteiger partial charge < -0.3 is 4.74 Å². The average Bonchev–Trinajstić information content (AvgIpc) is 3.26. The van der Waals surface area contributed by atoms with Gasteiger partial charge in [-0.1, -0.05) is 18.2 Å². The Kier molecular flexibility index (Phi) is 5.13. The van der Waals surface area contributed by atoms with Crippen molar-refractivity contribution in [3.8, 4) is 17.1 Å². The van der Waals surface area contributed by atoms with Gasteiger partial charge in [-0.25, -0.2) is 5.01 Å². The molecule has 1 aliphatic carbocycles. The number of hydrogen-bond acceptors (Lipinski definition) is 5. The molecule has 164 valence electrons. The molecule has 0 N–H and O–H groups in total. The number of nitrogens with zero attached hydrogens (tertiary/aromatic N) is 5. The molecule has 2 aromatic heterocycles. The van der Waals surface area contributed by atoms with Crippen molar-refractivity contribution in [1.29, 1.82) is 0 Å². The molecule has 8 nitrogen and oxygen atoms in total. The normalized spacial score (nSPS) is 16.8. The number of hydrogen-bond donors (Lipinski definition) is 0. The topological polar surface area (TPSA) is 80.6 Å². The third-order valence-electron chi connectivity index (χ3n) is 6.22. The Bertz CT molecular complexity index is 1120. The molecule has 0 unspecified atom stereocenters. The van der Waals surface area contributed by atoms with Crippen LogP contribution >= 0.6 is 0 Å². The lowest BCUT2D eigenvalue weighted by Gasteiger charge is -2.31. The van der Waals surface area contributed by atoms with Crippen LogP contribution < -0.4 is 4.74 Å². The van der Waals surface area contributed by atoms with Crippen molar-refractivity contribution in [2.24, 2.45) is 0 Å². The van der Waals surface area contributed by atoms with E-state index in [-0.39, 0.29) is 18.4 Å². The number of rotatable bonds is 6. The minimum atomic E-state index is -0.535. The molecule has 2 aliphatic rings. The van der Waals surface area contributed by atoms with Gasteiger partial charge in [0.05, 0.1) is 18.2 Å². The molecule has 3 aromatic rings. The van der Waals surface area contributed by atoms with E-state index in [1.54, 1.807) is 34.2 Å². The Balaban J connectivity index is 1.29. The lowest BCUT2D eigenvalue weighted by Crippen LogP contribution is -2.49. The average molecular weight is 431 g/mol. The molecule has 1 aliphatic heterocycles. The van der Waals surface area contributed by atoms with Crippen LogP contribution in [0.3, 0.4) is 0 Å². The maximum absolute atomic E-state index is 13.5. The standard InChI is InChI=1S/C24H25N5O3/c1-32-19-8-6-18(7-9-19)24(11-12-24)23(31)29-15-4-14-28(29)22(30)17-27-16-10-21(26-27)20-5-2-3-13-25-20/h2-3,5-10,13,16H,4,11-12,14-15,17H2,1H3. The Morgan fingerprint density at radius 3 is 2.47 bits per heavy atom. The van der Waals surface area contributed by atoms with Crippen LogP contribution in [-0.2, 0) is 21.5 Å². The number of benzene rings is 1. The molecule has 0 bridgehead atoms. The minimum Gasteiger partial charge on any atom is -0.497 e. The highest BCUT2D eigenvalue weighted by molar-refractivity contribution is 5.93. The van der Waals surface area contributed by atoms with Gasteiger partial charge in [0.25, 0.3) is 11.8 Å². The second-order valence-corrected chi connectivity index (χ2v) is 8.22. The van der Waals surface area contributed by atoms with E-state index in [4.69, 9.17) is 4.74 Å². The van der Waals surface area contributed by atoms with Gasteiger partial charge in [0.15, 0.2) is 0 Å². The van der Waals surface area contributed by atoms with Crippen LogP contribution in [0.2, 0.25) is 0 Å². The first kappa shape index (κ1) is 20.2. The fraction of sp³-hybridized carbons (Fsp3) is 0.333. The highest BCUT2D eigenvalue weighted by Gasteiger charge is 2.54. The number of aromatic nitrogens is 3. The van der Waals surface area contributed by atoms with Gasteiger partial charge >= 0.3 is 0 Å². The molecule has 32 heavy (non-hydrogen) atoms. The van der Waals surface area contributed by atoms with Gasteiger partial charge in [0.1, 0.15) is 18.0 Å². The monoisotopic (exact) mass is 431 g/mol. The number of pyridine rings is 1. The lowest BCUT2D eigenvalue weighted by molar-refractivity contribution is -0.160. The summed E-state index contributed by atoms with van der Waals surface area (Å²) in [6.45, 7) is 1.17. The van der Waals surface area contributed by atoms with E-state index in [0.717, 1.165) is 36.3 Å². The first-order valence-electron chi connectivity index (χ1n) is 10.8.